The molecule has 240 valence electrons. The minimum absolute atomic E-state index is 0.0410. The van der Waals surface area contributed by atoms with Gasteiger partial charge in [-0.1, -0.05) is 55.3 Å². The second kappa shape index (κ2) is 14.7. The molecule has 1 aliphatic carbocycles. The molecule has 11 heteroatoms. The highest BCUT2D eigenvalue weighted by Crippen LogP contribution is 2.35. The molecule has 0 radical (unpaired) electrons. The van der Waals surface area contributed by atoms with Crippen molar-refractivity contribution in [2.24, 2.45) is 0 Å². The number of rotatable bonds is 13. The molecule has 1 N–H and O–H groups in total. The van der Waals surface area contributed by atoms with Crippen molar-refractivity contribution < 1.29 is 32.2 Å². The van der Waals surface area contributed by atoms with Crippen LogP contribution in [-0.4, -0.2) is 69.8 Å². The van der Waals surface area contributed by atoms with Crippen LogP contribution in [0.1, 0.15) is 43.7 Å². The molecule has 0 unspecified atom stereocenters. The second-order valence-corrected chi connectivity index (χ2v) is 13.5. The van der Waals surface area contributed by atoms with Gasteiger partial charge in [-0.3, -0.25) is 13.9 Å². The first-order valence-corrected chi connectivity index (χ1v) is 17.0. The van der Waals surface area contributed by atoms with Crippen molar-refractivity contribution in [1.29, 1.82) is 0 Å². The SMILES string of the molecule is CCS(=O)(=O)N(CC(=O)N(Cc1cccc(OC)c1)[C@@H](Cc1ccccc1)C(=O)NC1CCCC1)c1ccc2c(c1)OCCO2. The summed E-state index contributed by atoms with van der Waals surface area (Å²) in [6.45, 7) is 1.84. The lowest BCUT2D eigenvalue weighted by atomic mass is 10.0. The van der Waals surface area contributed by atoms with E-state index >= 15 is 0 Å². The minimum Gasteiger partial charge on any atom is -0.497 e. The Labute approximate surface area is 265 Å². The number of benzene rings is 3. The maximum absolute atomic E-state index is 14.5. The molecule has 5 rings (SSSR count). The molecule has 0 aromatic heterocycles. The van der Waals surface area contributed by atoms with Crippen molar-refractivity contribution >= 4 is 27.5 Å². The van der Waals surface area contributed by atoms with Gasteiger partial charge in [0.1, 0.15) is 31.5 Å². The van der Waals surface area contributed by atoms with E-state index in [2.05, 4.69) is 5.32 Å². The van der Waals surface area contributed by atoms with Gasteiger partial charge in [0.05, 0.1) is 18.6 Å². The zero-order valence-electron chi connectivity index (χ0n) is 25.8. The smallest absolute Gasteiger partial charge is 0.244 e. The van der Waals surface area contributed by atoms with Crippen LogP contribution >= 0.6 is 0 Å². The van der Waals surface area contributed by atoms with Crippen LogP contribution in [0.5, 0.6) is 17.2 Å². The number of carbonyl (C=O) groups excluding carboxylic acids is 2. The Balaban J connectivity index is 1.53. The summed E-state index contributed by atoms with van der Waals surface area (Å²) in [6, 6.07) is 20.8. The molecular formula is C34H41N3O7S. The quantitative estimate of drug-likeness (QED) is 0.298. The average molecular weight is 636 g/mol. The first-order chi connectivity index (χ1) is 21.8. The minimum atomic E-state index is -3.91. The molecule has 0 spiro atoms. The second-order valence-electron chi connectivity index (χ2n) is 11.3. The van der Waals surface area contributed by atoms with Gasteiger partial charge in [-0.05, 0) is 55.2 Å². The Bertz CT molecular complexity index is 1580. The van der Waals surface area contributed by atoms with Crippen LogP contribution < -0.4 is 23.8 Å². The van der Waals surface area contributed by atoms with Gasteiger partial charge in [0.25, 0.3) is 0 Å². The summed E-state index contributed by atoms with van der Waals surface area (Å²) in [5.74, 6) is 0.546. The van der Waals surface area contributed by atoms with Crippen LogP contribution in [-0.2, 0) is 32.6 Å². The number of methoxy groups -OCH3 is 1. The van der Waals surface area contributed by atoms with Gasteiger partial charge in [-0.15, -0.1) is 0 Å². The molecule has 1 atom stereocenters. The standard InChI is InChI=1S/C34H41N3O7S/c1-3-45(40,41)37(28-16-17-31-32(22-28)44-19-18-43-31)24-33(38)36(23-26-12-9-15-29(20-26)42-2)30(21-25-10-5-4-6-11-25)34(39)35-27-13-7-8-14-27/h4-6,9-12,15-17,20,22,27,30H,3,7-8,13-14,18-19,21,23-24H2,1-2H3,(H,35,39)/t30-/m0/s1. The van der Waals surface area contributed by atoms with E-state index in [9.17, 15) is 18.0 Å². The molecule has 3 aromatic carbocycles. The number of carbonyl (C=O) groups is 2. The number of nitrogens with one attached hydrogen (secondary N) is 1. The number of anilines is 1. The monoisotopic (exact) mass is 635 g/mol. The first kappa shape index (κ1) is 32.2. The van der Waals surface area contributed by atoms with Crippen LogP contribution in [0.25, 0.3) is 0 Å². The average Bonchev–Trinajstić information content (AvgIpc) is 3.58. The zero-order valence-corrected chi connectivity index (χ0v) is 26.6. The lowest BCUT2D eigenvalue weighted by Gasteiger charge is -2.34. The largest absolute Gasteiger partial charge is 0.497 e. The van der Waals surface area contributed by atoms with Gasteiger partial charge >= 0.3 is 0 Å². The van der Waals surface area contributed by atoms with Gasteiger partial charge in [0.15, 0.2) is 11.5 Å². The van der Waals surface area contributed by atoms with Crippen molar-refractivity contribution in [3.05, 3.63) is 83.9 Å². The van der Waals surface area contributed by atoms with Crippen LogP contribution in [0.15, 0.2) is 72.8 Å². The van der Waals surface area contributed by atoms with Crippen molar-refractivity contribution in [3.63, 3.8) is 0 Å². The molecule has 1 fully saturated rings. The highest BCUT2D eigenvalue weighted by Gasteiger charge is 2.35. The Morgan fingerprint density at radius 1 is 0.933 bits per heavy atom. The van der Waals surface area contributed by atoms with Crippen LogP contribution in [0.4, 0.5) is 5.69 Å². The molecule has 1 saturated carbocycles. The van der Waals surface area contributed by atoms with E-state index in [1.165, 1.54) is 11.8 Å². The number of nitrogens with zero attached hydrogens (tertiary/aromatic N) is 2. The van der Waals surface area contributed by atoms with Gasteiger partial charge in [0.2, 0.25) is 21.8 Å². The molecule has 1 aliphatic heterocycles. The molecule has 2 amide bonds. The fourth-order valence-corrected chi connectivity index (χ4v) is 6.85. The fourth-order valence-electron chi connectivity index (χ4n) is 5.80. The number of fused-ring (bicyclic) bond motifs is 1. The molecule has 0 saturated heterocycles. The highest BCUT2D eigenvalue weighted by atomic mass is 32.2. The molecule has 3 aromatic rings. The summed E-state index contributed by atoms with van der Waals surface area (Å²) in [6.07, 6.45) is 4.13. The van der Waals surface area contributed by atoms with E-state index in [4.69, 9.17) is 14.2 Å². The number of ether oxygens (including phenoxy) is 3. The number of hydrogen-bond donors (Lipinski definition) is 1. The molecule has 1 heterocycles. The molecule has 2 aliphatic rings. The van der Waals surface area contributed by atoms with Crippen LogP contribution in [0.3, 0.4) is 0 Å². The summed E-state index contributed by atoms with van der Waals surface area (Å²) in [5, 5.41) is 3.18. The first-order valence-electron chi connectivity index (χ1n) is 15.4. The summed E-state index contributed by atoms with van der Waals surface area (Å²) in [7, 11) is -2.34. The van der Waals surface area contributed by atoms with Crippen molar-refractivity contribution in [3.8, 4) is 17.2 Å². The maximum Gasteiger partial charge on any atom is 0.244 e. The summed E-state index contributed by atoms with van der Waals surface area (Å²) >= 11 is 0. The topological polar surface area (TPSA) is 114 Å². The highest BCUT2D eigenvalue weighted by molar-refractivity contribution is 7.92. The van der Waals surface area contributed by atoms with E-state index in [0.29, 0.717) is 30.5 Å². The third-order valence-corrected chi connectivity index (χ3v) is 9.99. The summed E-state index contributed by atoms with van der Waals surface area (Å²) < 4.78 is 44.8. The van der Waals surface area contributed by atoms with Gasteiger partial charge in [0, 0.05) is 25.1 Å². The summed E-state index contributed by atoms with van der Waals surface area (Å²) in [5.41, 5.74) is 1.92. The Kier molecular flexibility index (Phi) is 10.5. The molecular weight excluding hydrogens is 594 g/mol. The lowest BCUT2D eigenvalue weighted by molar-refractivity contribution is -0.140. The number of amides is 2. The van der Waals surface area contributed by atoms with Crippen molar-refractivity contribution in [1.82, 2.24) is 10.2 Å². The molecule has 0 bridgehead atoms. The van der Waals surface area contributed by atoms with Gasteiger partial charge < -0.3 is 24.4 Å². The third kappa shape index (κ3) is 8.08. The fraction of sp³-hybridized carbons (Fsp3) is 0.412. The Morgan fingerprint density at radius 2 is 1.64 bits per heavy atom. The van der Waals surface area contributed by atoms with Crippen LogP contribution in [0.2, 0.25) is 0 Å². The molecule has 10 nitrogen and oxygen atoms in total. The Hall–Kier alpha value is -4.25. The van der Waals surface area contributed by atoms with E-state index in [0.717, 1.165) is 41.1 Å². The van der Waals surface area contributed by atoms with Crippen molar-refractivity contribution in [2.75, 3.05) is 36.9 Å². The predicted molar refractivity (Wildman–Crippen MR) is 172 cm³/mol. The zero-order chi connectivity index (χ0) is 31.8. The van der Waals surface area contributed by atoms with Crippen molar-refractivity contribution in [2.45, 2.75) is 57.7 Å². The molecule has 45 heavy (non-hydrogen) atoms. The van der Waals surface area contributed by atoms with E-state index in [1.807, 2.05) is 48.5 Å². The third-order valence-electron chi connectivity index (χ3n) is 8.25. The predicted octanol–water partition coefficient (Wildman–Crippen LogP) is 4.32. The lowest BCUT2D eigenvalue weighted by Crippen LogP contribution is -2.54. The normalized spacial score (nSPS) is 15.2. The van der Waals surface area contributed by atoms with E-state index < -0.39 is 28.5 Å². The number of hydrogen-bond acceptors (Lipinski definition) is 7. The number of sulfonamides is 1. The van der Waals surface area contributed by atoms with Crippen LogP contribution in [0, 0.1) is 0 Å². The van der Waals surface area contributed by atoms with E-state index in [-0.39, 0.29) is 36.4 Å². The maximum atomic E-state index is 14.5. The van der Waals surface area contributed by atoms with Gasteiger partial charge in [-0.25, -0.2) is 8.42 Å². The Morgan fingerprint density at radius 3 is 2.36 bits per heavy atom. The summed E-state index contributed by atoms with van der Waals surface area (Å²) in [4.78, 5) is 30.0. The van der Waals surface area contributed by atoms with Gasteiger partial charge in [-0.2, -0.15) is 0 Å². The van der Waals surface area contributed by atoms with E-state index in [1.54, 1.807) is 31.4 Å².